The average molecular weight is 250 g/mol. The third kappa shape index (κ3) is 2.08. The Bertz CT molecular complexity index is 627. The van der Waals surface area contributed by atoms with Crippen molar-refractivity contribution in [2.75, 3.05) is 0 Å². The maximum absolute atomic E-state index is 10.7. The molecule has 5 nitrogen and oxygen atoms in total. The van der Waals surface area contributed by atoms with Crippen LogP contribution in [-0.4, -0.2) is 20.5 Å². The Hall–Kier alpha value is -2.06. The lowest BCUT2D eigenvalue weighted by atomic mass is 10.2. The summed E-state index contributed by atoms with van der Waals surface area (Å²) >= 11 is 5.97. The number of hydrogen-bond donors (Lipinski definition) is 1. The Labute approximate surface area is 102 Å². The lowest BCUT2D eigenvalue weighted by Crippen LogP contribution is -2.04. The number of halogens is 1. The summed E-state index contributed by atoms with van der Waals surface area (Å²) in [7, 11) is 0. The van der Waals surface area contributed by atoms with E-state index in [9.17, 15) is 4.79 Å². The molecule has 0 aromatic carbocycles. The van der Waals surface area contributed by atoms with Crippen LogP contribution in [-0.2, 0) is 17.6 Å². The molecule has 2 heterocycles. The zero-order valence-electron chi connectivity index (χ0n) is 8.72. The standard InChI is InChI=1S/C11H8ClN3O2/c12-7-2-1-5-15-9(3-4-13)8(6-10(16)17)14-11(7)15/h1-2,5H,3,6H2,(H,16,17). The van der Waals surface area contributed by atoms with Crippen molar-refractivity contribution in [1.82, 2.24) is 9.38 Å². The molecular formula is C11H8ClN3O2. The van der Waals surface area contributed by atoms with Crippen LogP contribution in [0.5, 0.6) is 0 Å². The van der Waals surface area contributed by atoms with Crippen molar-refractivity contribution in [2.24, 2.45) is 0 Å². The fourth-order valence-electron chi connectivity index (χ4n) is 1.68. The minimum Gasteiger partial charge on any atom is -0.481 e. The number of carboxylic acid groups (broad SMARTS) is 1. The molecule has 0 saturated heterocycles. The second-order valence-corrected chi connectivity index (χ2v) is 3.87. The molecule has 0 amide bonds. The Kier molecular flexibility index (Phi) is 2.98. The molecule has 0 fully saturated rings. The molecule has 6 heteroatoms. The van der Waals surface area contributed by atoms with Gasteiger partial charge in [0.05, 0.1) is 35.3 Å². The SMILES string of the molecule is N#CCc1c(CC(=O)O)nc2c(Cl)cccn12. The van der Waals surface area contributed by atoms with Gasteiger partial charge < -0.3 is 9.51 Å². The van der Waals surface area contributed by atoms with E-state index in [1.165, 1.54) is 0 Å². The molecule has 0 saturated carbocycles. The molecule has 2 aromatic heterocycles. The molecule has 0 aliphatic rings. The van der Waals surface area contributed by atoms with Gasteiger partial charge in [0.2, 0.25) is 0 Å². The van der Waals surface area contributed by atoms with Gasteiger partial charge in [0.15, 0.2) is 5.65 Å². The first kappa shape index (κ1) is 11.4. The Morgan fingerprint density at radius 3 is 3.06 bits per heavy atom. The highest BCUT2D eigenvalue weighted by molar-refractivity contribution is 6.33. The second kappa shape index (κ2) is 4.44. The minimum absolute atomic E-state index is 0.101. The third-order valence-electron chi connectivity index (χ3n) is 2.35. The van der Waals surface area contributed by atoms with Crippen molar-refractivity contribution >= 4 is 23.2 Å². The first-order chi connectivity index (χ1) is 8.13. The topological polar surface area (TPSA) is 78.4 Å². The number of rotatable bonds is 3. The van der Waals surface area contributed by atoms with Crippen molar-refractivity contribution in [3.05, 3.63) is 34.7 Å². The first-order valence-corrected chi connectivity index (χ1v) is 5.24. The van der Waals surface area contributed by atoms with Crippen LogP contribution in [0.2, 0.25) is 5.02 Å². The van der Waals surface area contributed by atoms with Crippen LogP contribution in [0.4, 0.5) is 0 Å². The Morgan fingerprint density at radius 1 is 1.65 bits per heavy atom. The number of carbonyl (C=O) groups is 1. The highest BCUT2D eigenvalue weighted by atomic mass is 35.5. The van der Waals surface area contributed by atoms with Crippen molar-refractivity contribution < 1.29 is 9.90 Å². The zero-order chi connectivity index (χ0) is 12.4. The number of hydrogen-bond acceptors (Lipinski definition) is 3. The number of fused-ring (bicyclic) bond motifs is 1. The van der Waals surface area contributed by atoms with Gasteiger partial charge in [-0.2, -0.15) is 5.26 Å². The normalized spacial score (nSPS) is 10.4. The molecule has 17 heavy (non-hydrogen) atoms. The molecule has 0 atom stereocenters. The maximum atomic E-state index is 10.7. The smallest absolute Gasteiger partial charge is 0.309 e. The molecular weight excluding hydrogens is 242 g/mol. The Morgan fingerprint density at radius 2 is 2.41 bits per heavy atom. The van der Waals surface area contributed by atoms with Gasteiger partial charge in [0.25, 0.3) is 0 Å². The second-order valence-electron chi connectivity index (χ2n) is 3.46. The van der Waals surface area contributed by atoms with Crippen molar-refractivity contribution in [1.29, 1.82) is 5.26 Å². The quantitative estimate of drug-likeness (QED) is 0.898. The maximum Gasteiger partial charge on any atom is 0.309 e. The zero-order valence-corrected chi connectivity index (χ0v) is 9.48. The van der Waals surface area contributed by atoms with Crippen LogP contribution in [0, 0.1) is 11.3 Å². The van der Waals surface area contributed by atoms with Crippen molar-refractivity contribution in [3.8, 4) is 6.07 Å². The van der Waals surface area contributed by atoms with Crippen LogP contribution in [0.15, 0.2) is 18.3 Å². The lowest BCUT2D eigenvalue weighted by Gasteiger charge is -1.99. The van der Waals surface area contributed by atoms with Crippen molar-refractivity contribution in [3.63, 3.8) is 0 Å². The van der Waals surface area contributed by atoms with Crippen LogP contribution in [0.3, 0.4) is 0 Å². The fraction of sp³-hybridized carbons (Fsp3) is 0.182. The highest BCUT2D eigenvalue weighted by Crippen LogP contribution is 2.20. The molecule has 2 aromatic rings. The largest absolute Gasteiger partial charge is 0.481 e. The van der Waals surface area contributed by atoms with Gasteiger partial charge in [0, 0.05) is 6.20 Å². The summed E-state index contributed by atoms with van der Waals surface area (Å²) < 4.78 is 1.66. The first-order valence-electron chi connectivity index (χ1n) is 4.86. The fourth-order valence-corrected chi connectivity index (χ4v) is 1.88. The van der Waals surface area contributed by atoms with E-state index < -0.39 is 5.97 Å². The van der Waals surface area contributed by atoms with E-state index in [-0.39, 0.29) is 12.8 Å². The van der Waals surface area contributed by atoms with Gasteiger partial charge in [-0.3, -0.25) is 4.79 Å². The number of nitriles is 1. The molecule has 0 spiro atoms. The van der Waals surface area contributed by atoms with Crippen LogP contribution >= 0.6 is 11.6 Å². The molecule has 0 radical (unpaired) electrons. The van der Waals surface area contributed by atoms with E-state index in [1.54, 1.807) is 22.7 Å². The van der Waals surface area contributed by atoms with Crippen LogP contribution in [0.1, 0.15) is 11.4 Å². The van der Waals surface area contributed by atoms with Crippen LogP contribution in [0.25, 0.3) is 5.65 Å². The molecule has 1 N–H and O–H groups in total. The molecule has 0 unspecified atom stereocenters. The molecule has 0 aliphatic carbocycles. The van der Waals surface area contributed by atoms with Gasteiger partial charge in [0.1, 0.15) is 0 Å². The lowest BCUT2D eigenvalue weighted by molar-refractivity contribution is -0.136. The predicted molar refractivity (Wildman–Crippen MR) is 60.9 cm³/mol. The van der Waals surface area contributed by atoms with Crippen LogP contribution < -0.4 is 0 Å². The van der Waals surface area contributed by atoms with Gasteiger partial charge in [-0.1, -0.05) is 11.6 Å². The van der Waals surface area contributed by atoms with Gasteiger partial charge >= 0.3 is 5.97 Å². The van der Waals surface area contributed by atoms with E-state index in [4.69, 9.17) is 22.0 Å². The third-order valence-corrected chi connectivity index (χ3v) is 2.64. The highest BCUT2D eigenvalue weighted by Gasteiger charge is 2.15. The Balaban J connectivity index is 2.66. The average Bonchev–Trinajstić information content (AvgIpc) is 2.59. The molecule has 0 bridgehead atoms. The summed E-state index contributed by atoms with van der Waals surface area (Å²) in [5.41, 5.74) is 1.44. The van der Waals surface area contributed by atoms with E-state index >= 15 is 0 Å². The number of aliphatic carboxylic acids is 1. The monoisotopic (exact) mass is 249 g/mol. The van der Waals surface area contributed by atoms with E-state index in [1.807, 2.05) is 6.07 Å². The summed E-state index contributed by atoms with van der Waals surface area (Å²) in [5, 5.41) is 18.0. The molecule has 2 rings (SSSR count). The summed E-state index contributed by atoms with van der Waals surface area (Å²) in [6.45, 7) is 0. The number of imidazole rings is 1. The molecule has 0 aliphatic heterocycles. The summed E-state index contributed by atoms with van der Waals surface area (Å²) in [6.07, 6.45) is 1.60. The summed E-state index contributed by atoms with van der Waals surface area (Å²) in [5.74, 6) is -0.983. The molecule has 86 valence electrons. The van der Waals surface area contributed by atoms with E-state index in [2.05, 4.69) is 4.98 Å². The van der Waals surface area contributed by atoms with Crippen molar-refractivity contribution in [2.45, 2.75) is 12.8 Å². The number of pyridine rings is 1. The number of nitrogens with zero attached hydrogens (tertiary/aromatic N) is 3. The summed E-state index contributed by atoms with van der Waals surface area (Å²) in [4.78, 5) is 14.9. The summed E-state index contributed by atoms with van der Waals surface area (Å²) in [6, 6.07) is 5.39. The van der Waals surface area contributed by atoms with E-state index in [0.29, 0.717) is 22.1 Å². The van der Waals surface area contributed by atoms with Gasteiger partial charge in [-0.15, -0.1) is 0 Å². The number of carboxylic acids is 1. The van der Waals surface area contributed by atoms with Gasteiger partial charge in [-0.05, 0) is 12.1 Å². The van der Waals surface area contributed by atoms with Gasteiger partial charge in [-0.25, -0.2) is 4.98 Å². The van der Waals surface area contributed by atoms with E-state index in [0.717, 1.165) is 0 Å². The minimum atomic E-state index is -0.983. The number of aromatic nitrogens is 2. The predicted octanol–water partition coefficient (Wildman–Crippen LogP) is 1.68.